The van der Waals surface area contributed by atoms with Crippen molar-refractivity contribution in [2.75, 3.05) is 13.1 Å². The van der Waals surface area contributed by atoms with Crippen molar-refractivity contribution in [1.82, 2.24) is 16.0 Å². The molecule has 0 saturated heterocycles. The van der Waals surface area contributed by atoms with E-state index < -0.39 is 17.8 Å². The molecule has 3 amide bonds. The van der Waals surface area contributed by atoms with Crippen LogP contribution in [0, 0.1) is 17.7 Å². The molecule has 2 rings (SSSR count). The number of rotatable bonds is 8. The van der Waals surface area contributed by atoms with Crippen molar-refractivity contribution >= 4 is 17.7 Å². The average Bonchev–Trinajstić information content (AvgIpc) is 3.41. The Balaban J connectivity index is 1.81. The van der Waals surface area contributed by atoms with Crippen LogP contribution in [0.3, 0.4) is 0 Å². The van der Waals surface area contributed by atoms with Crippen LogP contribution in [-0.4, -0.2) is 36.9 Å². The van der Waals surface area contributed by atoms with Gasteiger partial charge in [-0.1, -0.05) is 13.8 Å². The van der Waals surface area contributed by atoms with E-state index >= 15 is 0 Å². The molecule has 0 spiro atoms. The van der Waals surface area contributed by atoms with Gasteiger partial charge in [0.05, 0.1) is 0 Å². The van der Waals surface area contributed by atoms with Crippen molar-refractivity contribution in [3.05, 3.63) is 35.6 Å². The summed E-state index contributed by atoms with van der Waals surface area (Å²) in [6.45, 7) is 4.30. The number of hydrogen-bond acceptors (Lipinski definition) is 3. The summed E-state index contributed by atoms with van der Waals surface area (Å²) in [4.78, 5) is 36.0. The van der Waals surface area contributed by atoms with E-state index in [1.54, 1.807) is 0 Å². The van der Waals surface area contributed by atoms with Gasteiger partial charge in [-0.25, -0.2) is 4.39 Å². The van der Waals surface area contributed by atoms with Gasteiger partial charge in [-0.05, 0) is 43.0 Å². The van der Waals surface area contributed by atoms with Crippen molar-refractivity contribution in [2.24, 2.45) is 11.8 Å². The van der Waals surface area contributed by atoms with Gasteiger partial charge in [0.1, 0.15) is 11.9 Å². The summed E-state index contributed by atoms with van der Waals surface area (Å²) in [5.74, 6) is -1.14. The lowest BCUT2D eigenvalue weighted by atomic mass is 10.0. The van der Waals surface area contributed by atoms with Gasteiger partial charge in [-0.15, -0.1) is 0 Å². The molecule has 0 bridgehead atoms. The molecule has 1 unspecified atom stereocenters. The predicted molar refractivity (Wildman–Crippen MR) is 91.2 cm³/mol. The first-order valence-corrected chi connectivity index (χ1v) is 8.50. The highest BCUT2D eigenvalue weighted by atomic mass is 19.1. The maximum Gasteiger partial charge on any atom is 0.251 e. The van der Waals surface area contributed by atoms with E-state index in [9.17, 15) is 18.8 Å². The molecule has 1 aliphatic carbocycles. The first kappa shape index (κ1) is 18.9. The molecule has 3 N–H and O–H groups in total. The number of nitrogens with one attached hydrogen (secondary N) is 3. The van der Waals surface area contributed by atoms with Gasteiger partial charge in [0.15, 0.2) is 0 Å². The average molecular weight is 349 g/mol. The summed E-state index contributed by atoms with van der Waals surface area (Å²) in [5, 5.41) is 8.15. The van der Waals surface area contributed by atoms with E-state index in [0.29, 0.717) is 13.1 Å². The fourth-order valence-electron chi connectivity index (χ4n) is 2.33. The second-order valence-corrected chi connectivity index (χ2v) is 6.56. The Morgan fingerprint density at radius 3 is 2.24 bits per heavy atom. The third-order valence-electron chi connectivity index (χ3n) is 4.01. The van der Waals surface area contributed by atoms with Gasteiger partial charge in [-0.2, -0.15) is 0 Å². The minimum Gasteiger partial charge on any atom is -0.354 e. The Morgan fingerprint density at radius 1 is 1.08 bits per heavy atom. The number of hydrogen-bond donors (Lipinski definition) is 3. The maximum absolute atomic E-state index is 12.9. The van der Waals surface area contributed by atoms with E-state index in [1.807, 2.05) is 13.8 Å². The summed E-state index contributed by atoms with van der Waals surface area (Å²) >= 11 is 0. The highest BCUT2D eigenvalue weighted by Gasteiger charge is 2.29. The van der Waals surface area contributed by atoms with Gasteiger partial charge >= 0.3 is 0 Å². The lowest BCUT2D eigenvalue weighted by Gasteiger charge is -2.22. The number of halogens is 1. The molecule has 1 aromatic carbocycles. The van der Waals surface area contributed by atoms with Crippen LogP contribution in [0.25, 0.3) is 0 Å². The second kappa shape index (κ2) is 8.60. The zero-order valence-corrected chi connectivity index (χ0v) is 14.5. The second-order valence-electron chi connectivity index (χ2n) is 6.56. The molecule has 25 heavy (non-hydrogen) atoms. The van der Waals surface area contributed by atoms with Crippen LogP contribution in [0.2, 0.25) is 0 Å². The molecule has 1 fully saturated rings. The van der Waals surface area contributed by atoms with Crippen LogP contribution in [0.1, 0.15) is 37.0 Å². The largest absolute Gasteiger partial charge is 0.354 e. The SMILES string of the molecule is CC(C)C(NC(=O)c1ccc(F)cc1)C(=O)NCCNC(=O)C1CC1. The van der Waals surface area contributed by atoms with E-state index in [1.165, 1.54) is 24.3 Å². The van der Waals surface area contributed by atoms with Gasteiger partial charge in [0, 0.05) is 24.6 Å². The Morgan fingerprint density at radius 2 is 1.68 bits per heavy atom. The Hall–Kier alpha value is -2.44. The lowest BCUT2D eigenvalue weighted by Crippen LogP contribution is -2.50. The third-order valence-corrected chi connectivity index (χ3v) is 4.01. The zero-order valence-electron chi connectivity index (χ0n) is 14.5. The lowest BCUT2D eigenvalue weighted by molar-refractivity contribution is -0.125. The summed E-state index contributed by atoms with van der Waals surface area (Å²) in [7, 11) is 0. The van der Waals surface area contributed by atoms with E-state index in [2.05, 4.69) is 16.0 Å². The minimum atomic E-state index is -0.711. The van der Waals surface area contributed by atoms with E-state index in [-0.39, 0.29) is 29.2 Å². The molecule has 0 aliphatic heterocycles. The Kier molecular flexibility index (Phi) is 6.50. The number of amides is 3. The van der Waals surface area contributed by atoms with Crippen LogP contribution in [0.5, 0.6) is 0 Å². The number of carbonyl (C=O) groups excluding carboxylic acids is 3. The highest BCUT2D eigenvalue weighted by molar-refractivity contribution is 5.97. The summed E-state index contributed by atoms with van der Waals surface area (Å²) in [6, 6.07) is 4.42. The first-order chi connectivity index (χ1) is 11.9. The van der Waals surface area contributed by atoms with Crippen LogP contribution < -0.4 is 16.0 Å². The zero-order chi connectivity index (χ0) is 18.4. The minimum absolute atomic E-state index is 0.0271. The quantitative estimate of drug-likeness (QED) is 0.617. The standard InChI is InChI=1S/C18H24FN3O3/c1-11(2)15(22-17(24)13-5-7-14(19)8-6-13)18(25)21-10-9-20-16(23)12-3-4-12/h5-8,11-12,15H,3-4,9-10H2,1-2H3,(H,20,23)(H,21,25)(H,22,24). The van der Waals surface area contributed by atoms with Crippen LogP contribution in [0.4, 0.5) is 4.39 Å². The summed E-state index contributed by atoms with van der Waals surface area (Å²) in [6.07, 6.45) is 1.87. The Labute approximate surface area is 146 Å². The topological polar surface area (TPSA) is 87.3 Å². The van der Waals surface area contributed by atoms with Crippen LogP contribution >= 0.6 is 0 Å². The van der Waals surface area contributed by atoms with Crippen molar-refractivity contribution in [3.63, 3.8) is 0 Å². The third kappa shape index (κ3) is 5.85. The Bertz CT molecular complexity index is 627. The molecule has 136 valence electrons. The predicted octanol–water partition coefficient (Wildman–Crippen LogP) is 1.22. The molecule has 1 atom stereocenters. The molecular weight excluding hydrogens is 325 g/mol. The molecule has 0 aromatic heterocycles. The summed E-state index contributed by atoms with van der Waals surface area (Å²) < 4.78 is 12.9. The molecule has 1 aliphatic rings. The number of benzene rings is 1. The van der Waals surface area contributed by atoms with Crippen molar-refractivity contribution < 1.29 is 18.8 Å². The molecule has 6 nitrogen and oxygen atoms in total. The van der Waals surface area contributed by atoms with Crippen molar-refractivity contribution in [2.45, 2.75) is 32.7 Å². The molecule has 1 aromatic rings. The maximum atomic E-state index is 12.9. The van der Waals surface area contributed by atoms with E-state index in [4.69, 9.17) is 0 Å². The fourth-order valence-corrected chi connectivity index (χ4v) is 2.33. The monoisotopic (exact) mass is 349 g/mol. The number of carbonyl (C=O) groups is 3. The summed E-state index contributed by atoms with van der Waals surface area (Å²) in [5.41, 5.74) is 0.288. The molecular formula is C18H24FN3O3. The van der Waals surface area contributed by atoms with Crippen molar-refractivity contribution in [1.29, 1.82) is 0 Å². The normalized spacial score (nSPS) is 14.7. The van der Waals surface area contributed by atoms with Gasteiger partial charge in [0.2, 0.25) is 11.8 Å². The highest BCUT2D eigenvalue weighted by Crippen LogP contribution is 2.28. The first-order valence-electron chi connectivity index (χ1n) is 8.50. The van der Waals surface area contributed by atoms with E-state index in [0.717, 1.165) is 12.8 Å². The smallest absolute Gasteiger partial charge is 0.251 e. The van der Waals surface area contributed by atoms with Crippen LogP contribution in [0.15, 0.2) is 24.3 Å². The molecule has 1 saturated carbocycles. The molecule has 0 heterocycles. The van der Waals surface area contributed by atoms with Gasteiger partial charge in [0.25, 0.3) is 5.91 Å². The fraction of sp³-hybridized carbons (Fsp3) is 0.500. The van der Waals surface area contributed by atoms with Gasteiger partial charge in [-0.3, -0.25) is 14.4 Å². The van der Waals surface area contributed by atoms with Gasteiger partial charge < -0.3 is 16.0 Å². The molecule has 0 radical (unpaired) electrons. The van der Waals surface area contributed by atoms with Crippen LogP contribution in [-0.2, 0) is 9.59 Å². The molecule has 7 heteroatoms. The van der Waals surface area contributed by atoms with Crippen molar-refractivity contribution in [3.8, 4) is 0 Å².